The Bertz CT molecular complexity index is 559. The second-order valence-electron chi connectivity index (χ2n) is 3.87. The van der Waals surface area contributed by atoms with Crippen molar-refractivity contribution in [3.63, 3.8) is 0 Å². The van der Waals surface area contributed by atoms with E-state index in [1.807, 2.05) is 0 Å². The summed E-state index contributed by atoms with van der Waals surface area (Å²) in [7, 11) is -3.83. The van der Waals surface area contributed by atoms with Crippen LogP contribution >= 0.6 is 11.6 Å². The van der Waals surface area contributed by atoms with Crippen LogP contribution in [0.4, 0.5) is 5.69 Å². The fourth-order valence-corrected chi connectivity index (χ4v) is 3.05. The molecule has 5 N–H and O–H groups in total. The zero-order valence-electron chi connectivity index (χ0n) is 9.68. The van der Waals surface area contributed by atoms with E-state index in [2.05, 4.69) is 4.72 Å². The number of hydrogen-bond donors (Lipinski definition) is 3. The molecular weight excluding hydrogens is 278 g/mol. The standard InChI is InChI=1S/C10H14ClN3O3S/c1-6(4-10(13)15)14-18(16,17)9-5-7(11)2-3-8(9)12/h2-3,5-6,14H,4,12H2,1H3,(H2,13,15). The Hall–Kier alpha value is -1.31. The first-order valence-electron chi connectivity index (χ1n) is 5.08. The molecule has 0 aliphatic heterocycles. The Kier molecular flexibility index (Phi) is 4.55. The van der Waals surface area contributed by atoms with Gasteiger partial charge in [-0.25, -0.2) is 13.1 Å². The SMILES string of the molecule is CC(CC(N)=O)NS(=O)(=O)c1cc(Cl)ccc1N. The van der Waals surface area contributed by atoms with Crippen LogP contribution < -0.4 is 16.2 Å². The van der Waals surface area contributed by atoms with Crippen LogP contribution in [0.3, 0.4) is 0 Å². The molecule has 0 saturated heterocycles. The molecule has 1 aromatic rings. The number of hydrogen-bond acceptors (Lipinski definition) is 4. The number of anilines is 1. The highest BCUT2D eigenvalue weighted by atomic mass is 35.5. The molecule has 0 spiro atoms. The zero-order chi connectivity index (χ0) is 13.9. The van der Waals surface area contributed by atoms with Gasteiger partial charge in [0.1, 0.15) is 4.90 Å². The summed E-state index contributed by atoms with van der Waals surface area (Å²) in [5.74, 6) is -0.593. The minimum absolute atomic E-state index is 0.0816. The summed E-state index contributed by atoms with van der Waals surface area (Å²) < 4.78 is 26.3. The molecule has 1 aromatic carbocycles. The van der Waals surface area contributed by atoms with Gasteiger partial charge in [-0.05, 0) is 25.1 Å². The third-order valence-electron chi connectivity index (χ3n) is 2.13. The molecule has 100 valence electrons. The zero-order valence-corrected chi connectivity index (χ0v) is 11.3. The Morgan fingerprint density at radius 2 is 2.11 bits per heavy atom. The average molecular weight is 292 g/mol. The van der Waals surface area contributed by atoms with Crippen molar-refractivity contribution >= 4 is 33.2 Å². The molecule has 1 atom stereocenters. The summed E-state index contributed by atoms with van der Waals surface area (Å²) >= 11 is 5.72. The molecule has 1 rings (SSSR count). The lowest BCUT2D eigenvalue weighted by Crippen LogP contribution is -2.36. The smallest absolute Gasteiger partial charge is 0.242 e. The van der Waals surface area contributed by atoms with Crippen molar-refractivity contribution in [1.82, 2.24) is 4.72 Å². The molecule has 0 fully saturated rings. The van der Waals surface area contributed by atoms with E-state index in [4.69, 9.17) is 23.1 Å². The first kappa shape index (κ1) is 14.7. The molecule has 1 unspecified atom stereocenters. The Labute approximate surface area is 110 Å². The summed E-state index contributed by atoms with van der Waals surface area (Å²) in [5.41, 5.74) is 10.7. The van der Waals surface area contributed by atoms with Gasteiger partial charge in [-0.2, -0.15) is 0 Å². The summed E-state index contributed by atoms with van der Waals surface area (Å²) in [5, 5.41) is 0.257. The predicted molar refractivity (Wildman–Crippen MR) is 69.5 cm³/mol. The number of rotatable bonds is 5. The minimum atomic E-state index is -3.83. The van der Waals surface area contributed by atoms with Crippen molar-refractivity contribution in [3.05, 3.63) is 23.2 Å². The van der Waals surface area contributed by atoms with E-state index >= 15 is 0 Å². The number of nitrogen functional groups attached to an aromatic ring is 1. The van der Waals surface area contributed by atoms with Crippen LogP contribution in [0.1, 0.15) is 13.3 Å². The van der Waals surface area contributed by atoms with Gasteiger partial charge in [-0.1, -0.05) is 11.6 Å². The van der Waals surface area contributed by atoms with Crippen LogP contribution in [0.5, 0.6) is 0 Å². The largest absolute Gasteiger partial charge is 0.398 e. The van der Waals surface area contributed by atoms with E-state index in [1.54, 1.807) is 0 Å². The lowest BCUT2D eigenvalue weighted by molar-refractivity contribution is -0.118. The molecule has 0 aliphatic carbocycles. The number of nitrogens with two attached hydrogens (primary N) is 2. The first-order valence-corrected chi connectivity index (χ1v) is 6.94. The van der Waals surface area contributed by atoms with Crippen molar-refractivity contribution in [3.8, 4) is 0 Å². The van der Waals surface area contributed by atoms with E-state index in [0.717, 1.165) is 0 Å². The summed E-state index contributed by atoms with van der Waals surface area (Å²) in [4.78, 5) is 10.6. The van der Waals surface area contributed by atoms with Crippen molar-refractivity contribution in [2.24, 2.45) is 5.73 Å². The van der Waals surface area contributed by atoms with Gasteiger partial charge in [-0.3, -0.25) is 4.79 Å². The van der Waals surface area contributed by atoms with E-state index in [-0.39, 0.29) is 22.0 Å². The third-order valence-corrected chi connectivity index (χ3v) is 4.01. The monoisotopic (exact) mass is 291 g/mol. The van der Waals surface area contributed by atoms with Crippen molar-refractivity contribution in [1.29, 1.82) is 0 Å². The lowest BCUT2D eigenvalue weighted by atomic mass is 10.2. The fourth-order valence-electron chi connectivity index (χ4n) is 1.41. The lowest BCUT2D eigenvalue weighted by Gasteiger charge is -2.14. The summed E-state index contributed by atoms with van der Waals surface area (Å²) in [6, 6.07) is 3.51. The molecule has 8 heteroatoms. The van der Waals surface area contributed by atoms with Crippen molar-refractivity contribution in [2.75, 3.05) is 5.73 Å². The number of carbonyl (C=O) groups is 1. The van der Waals surface area contributed by atoms with E-state index < -0.39 is 22.0 Å². The molecule has 0 bridgehead atoms. The maximum Gasteiger partial charge on any atom is 0.242 e. The van der Waals surface area contributed by atoms with Gasteiger partial charge in [0.2, 0.25) is 15.9 Å². The van der Waals surface area contributed by atoms with Crippen LogP contribution in [-0.4, -0.2) is 20.4 Å². The normalized spacial score (nSPS) is 13.2. The van der Waals surface area contributed by atoms with Crippen molar-refractivity contribution in [2.45, 2.75) is 24.3 Å². The summed E-state index contributed by atoms with van der Waals surface area (Å²) in [6.45, 7) is 1.53. The van der Waals surface area contributed by atoms with Crippen LogP contribution in [0, 0.1) is 0 Å². The predicted octanol–water partition coefficient (Wildman–Crippen LogP) is 0.464. The molecule has 18 heavy (non-hydrogen) atoms. The minimum Gasteiger partial charge on any atom is -0.398 e. The highest BCUT2D eigenvalue weighted by Crippen LogP contribution is 2.22. The number of primary amides is 1. The highest BCUT2D eigenvalue weighted by molar-refractivity contribution is 7.89. The Morgan fingerprint density at radius 1 is 1.50 bits per heavy atom. The van der Waals surface area contributed by atoms with Gasteiger partial charge in [0.25, 0.3) is 0 Å². The second-order valence-corrected chi connectivity index (χ2v) is 5.99. The van der Waals surface area contributed by atoms with Crippen LogP contribution in [0.25, 0.3) is 0 Å². The number of amides is 1. The van der Waals surface area contributed by atoms with E-state index in [9.17, 15) is 13.2 Å². The van der Waals surface area contributed by atoms with Crippen LogP contribution in [0.15, 0.2) is 23.1 Å². The Balaban J connectivity index is 2.99. The topological polar surface area (TPSA) is 115 Å². The average Bonchev–Trinajstić information content (AvgIpc) is 2.19. The van der Waals surface area contributed by atoms with Crippen molar-refractivity contribution < 1.29 is 13.2 Å². The van der Waals surface area contributed by atoms with Gasteiger partial charge in [0.05, 0.1) is 5.69 Å². The number of halogens is 1. The number of sulfonamides is 1. The quantitative estimate of drug-likeness (QED) is 0.684. The molecule has 0 saturated carbocycles. The second kappa shape index (κ2) is 5.55. The van der Waals surface area contributed by atoms with E-state index in [0.29, 0.717) is 0 Å². The fraction of sp³-hybridized carbons (Fsp3) is 0.300. The maximum absolute atomic E-state index is 12.0. The Morgan fingerprint density at radius 3 is 2.67 bits per heavy atom. The van der Waals surface area contributed by atoms with Gasteiger partial charge in [0.15, 0.2) is 0 Å². The van der Waals surface area contributed by atoms with Gasteiger partial charge < -0.3 is 11.5 Å². The maximum atomic E-state index is 12.0. The number of benzene rings is 1. The number of carbonyl (C=O) groups excluding carboxylic acids is 1. The first-order chi connectivity index (χ1) is 8.22. The van der Waals surface area contributed by atoms with Crippen LogP contribution in [0.2, 0.25) is 5.02 Å². The molecule has 6 nitrogen and oxygen atoms in total. The highest BCUT2D eigenvalue weighted by Gasteiger charge is 2.21. The molecule has 0 heterocycles. The molecular formula is C10H14ClN3O3S. The van der Waals surface area contributed by atoms with E-state index in [1.165, 1.54) is 25.1 Å². The van der Waals surface area contributed by atoms with Gasteiger partial charge >= 0.3 is 0 Å². The third kappa shape index (κ3) is 3.86. The molecule has 0 aliphatic rings. The van der Waals surface area contributed by atoms with Gasteiger partial charge in [0, 0.05) is 17.5 Å². The molecule has 0 radical (unpaired) electrons. The number of nitrogens with one attached hydrogen (secondary N) is 1. The van der Waals surface area contributed by atoms with Gasteiger partial charge in [-0.15, -0.1) is 0 Å². The molecule has 1 amide bonds. The van der Waals surface area contributed by atoms with Crippen LogP contribution in [-0.2, 0) is 14.8 Å². The summed E-state index contributed by atoms with van der Waals surface area (Å²) in [6.07, 6.45) is -0.0975. The molecule has 0 aromatic heterocycles.